The summed E-state index contributed by atoms with van der Waals surface area (Å²) >= 11 is 7.45. The van der Waals surface area contributed by atoms with Gasteiger partial charge in [0.25, 0.3) is 5.78 Å². The maximum atomic E-state index is 13.6. The van der Waals surface area contributed by atoms with Gasteiger partial charge in [-0.15, -0.1) is 0 Å². The number of aliphatic hydroxyl groups is 1. The molecule has 1 aromatic heterocycles. The number of aromatic nitrogens is 1. The molecule has 3 heterocycles. The van der Waals surface area contributed by atoms with Gasteiger partial charge < -0.3 is 14.6 Å². The highest BCUT2D eigenvalue weighted by molar-refractivity contribution is 7.22. The summed E-state index contributed by atoms with van der Waals surface area (Å²) in [5.41, 5.74) is 2.69. The summed E-state index contributed by atoms with van der Waals surface area (Å²) in [6.45, 7) is 7.15. The number of hydrogen-bond donors (Lipinski definition) is 1. The number of carbonyl (C=O) groups is 2. The van der Waals surface area contributed by atoms with E-state index in [4.69, 9.17) is 21.1 Å². The number of ether oxygens (including phenoxy) is 2. The van der Waals surface area contributed by atoms with Crippen molar-refractivity contribution >= 4 is 55.7 Å². The van der Waals surface area contributed by atoms with Gasteiger partial charge >= 0.3 is 5.91 Å². The van der Waals surface area contributed by atoms with Crippen molar-refractivity contribution < 1.29 is 24.2 Å². The second-order valence-electron chi connectivity index (χ2n) is 10.5. The Balaban J connectivity index is 1.53. The van der Waals surface area contributed by atoms with Crippen LogP contribution in [0.3, 0.4) is 0 Å². The van der Waals surface area contributed by atoms with Gasteiger partial charge in [-0.1, -0.05) is 68.0 Å². The summed E-state index contributed by atoms with van der Waals surface area (Å²) in [7, 11) is 0. The van der Waals surface area contributed by atoms with Crippen LogP contribution in [0, 0.1) is 0 Å². The van der Waals surface area contributed by atoms with E-state index in [1.807, 2.05) is 24.3 Å². The van der Waals surface area contributed by atoms with E-state index in [2.05, 4.69) is 25.8 Å². The number of thiazole rings is 1. The molecule has 6 rings (SSSR count). The lowest BCUT2D eigenvalue weighted by atomic mass is 9.85. The maximum Gasteiger partial charge on any atom is 0.301 e. The number of carbonyl (C=O) groups excluding carboxylic acids is 2. The lowest BCUT2D eigenvalue weighted by Gasteiger charge is -2.25. The molecule has 1 amide bonds. The average molecular weight is 561 g/mol. The molecule has 1 saturated heterocycles. The minimum absolute atomic E-state index is 0.0162. The van der Waals surface area contributed by atoms with Gasteiger partial charge in [0.1, 0.15) is 19.0 Å². The fourth-order valence-corrected chi connectivity index (χ4v) is 6.11. The van der Waals surface area contributed by atoms with Crippen LogP contribution in [0.25, 0.3) is 16.0 Å². The Hall–Kier alpha value is -3.88. The molecule has 4 aromatic rings. The van der Waals surface area contributed by atoms with Crippen LogP contribution in [0.4, 0.5) is 5.13 Å². The molecule has 2 aliphatic heterocycles. The highest BCUT2D eigenvalue weighted by atomic mass is 35.5. The molecule has 1 N–H and O–H groups in total. The number of halogens is 1. The van der Waals surface area contributed by atoms with Crippen molar-refractivity contribution in [2.45, 2.75) is 32.2 Å². The molecule has 1 unspecified atom stereocenters. The molecular weight excluding hydrogens is 536 g/mol. The van der Waals surface area contributed by atoms with Crippen LogP contribution in [0.5, 0.6) is 11.5 Å². The van der Waals surface area contributed by atoms with Crippen LogP contribution in [0.2, 0.25) is 5.02 Å². The minimum Gasteiger partial charge on any atom is -0.507 e. The monoisotopic (exact) mass is 560 g/mol. The zero-order valence-corrected chi connectivity index (χ0v) is 23.1. The molecule has 39 heavy (non-hydrogen) atoms. The molecule has 1 atom stereocenters. The minimum atomic E-state index is -0.886. The third-order valence-corrected chi connectivity index (χ3v) is 8.15. The second kappa shape index (κ2) is 9.39. The Morgan fingerprint density at radius 1 is 1.00 bits per heavy atom. The summed E-state index contributed by atoms with van der Waals surface area (Å²) in [4.78, 5) is 33.1. The van der Waals surface area contributed by atoms with E-state index in [-0.39, 0.29) is 16.7 Å². The van der Waals surface area contributed by atoms with Crippen molar-refractivity contribution in [2.75, 3.05) is 18.1 Å². The maximum absolute atomic E-state index is 13.6. The van der Waals surface area contributed by atoms with Gasteiger partial charge in [-0.3, -0.25) is 14.5 Å². The van der Waals surface area contributed by atoms with E-state index < -0.39 is 17.7 Å². The Bertz CT molecular complexity index is 1670. The molecule has 0 radical (unpaired) electrons. The van der Waals surface area contributed by atoms with Crippen molar-refractivity contribution in [2.24, 2.45) is 0 Å². The number of rotatable bonds is 3. The van der Waals surface area contributed by atoms with Gasteiger partial charge in [-0.05, 0) is 52.9 Å². The quantitative estimate of drug-likeness (QED) is 0.171. The first kappa shape index (κ1) is 25.4. The van der Waals surface area contributed by atoms with E-state index in [0.29, 0.717) is 51.5 Å². The Labute approximate surface area is 234 Å². The number of aliphatic hydroxyl groups excluding tert-OH is 1. The molecule has 0 saturated carbocycles. The predicted molar refractivity (Wildman–Crippen MR) is 152 cm³/mol. The molecule has 2 aliphatic rings. The van der Waals surface area contributed by atoms with Crippen LogP contribution in [-0.2, 0) is 15.0 Å². The number of benzene rings is 3. The van der Waals surface area contributed by atoms with Crippen molar-refractivity contribution in [3.05, 3.63) is 87.9 Å². The SMILES string of the molecule is CC(C)(C)c1ccc(C2C(=C(O)c3ccc4c(c3)OCCO4)C(=O)C(=O)N2c2nc3ccc(Cl)cc3s2)cc1. The van der Waals surface area contributed by atoms with Gasteiger partial charge in [0.2, 0.25) is 0 Å². The van der Waals surface area contributed by atoms with Crippen molar-refractivity contribution in [3.63, 3.8) is 0 Å². The summed E-state index contributed by atoms with van der Waals surface area (Å²) in [5, 5.41) is 12.4. The third kappa shape index (κ3) is 4.43. The highest BCUT2D eigenvalue weighted by Gasteiger charge is 2.48. The number of nitrogens with zero attached hydrogens (tertiary/aromatic N) is 2. The van der Waals surface area contributed by atoms with Crippen LogP contribution >= 0.6 is 22.9 Å². The smallest absolute Gasteiger partial charge is 0.301 e. The van der Waals surface area contributed by atoms with E-state index in [9.17, 15) is 14.7 Å². The van der Waals surface area contributed by atoms with E-state index >= 15 is 0 Å². The zero-order valence-electron chi connectivity index (χ0n) is 21.5. The van der Waals surface area contributed by atoms with E-state index in [1.165, 1.54) is 16.2 Å². The number of Topliss-reactive ketones (excluding diaryl/α,β-unsaturated/α-hetero) is 1. The number of anilines is 1. The Morgan fingerprint density at radius 3 is 2.44 bits per heavy atom. The molecule has 198 valence electrons. The van der Waals surface area contributed by atoms with Crippen LogP contribution in [-0.4, -0.2) is 35.0 Å². The summed E-state index contributed by atoms with van der Waals surface area (Å²) < 4.78 is 12.1. The first-order chi connectivity index (χ1) is 18.6. The fourth-order valence-electron chi connectivity index (χ4n) is 4.85. The van der Waals surface area contributed by atoms with E-state index in [0.717, 1.165) is 10.3 Å². The van der Waals surface area contributed by atoms with Crippen molar-refractivity contribution in [1.82, 2.24) is 4.98 Å². The van der Waals surface area contributed by atoms with Crippen molar-refractivity contribution in [1.29, 1.82) is 0 Å². The topological polar surface area (TPSA) is 89.0 Å². The predicted octanol–water partition coefficient (Wildman–Crippen LogP) is 6.64. The lowest BCUT2D eigenvalue weighted by molar-refractivity contribution is -0.132. The highest BCUT2D eigenvalue weighted by Crippen LogP contribution is 2.45. The van der Waals surface area contributed by atoms with Crippen LogP contribution in [0.1, 0.15) is 43.5 Å². The van der Waals surface area contributed by atoms with Gasteiger partial charge in [0.05, 0.1) is 21.8 Å². The number of fused-ring (bicyclic) bond motifs is 2. The first-order valence-corrected chi connectivity index (χ1v) is 13.7. The first-order valence-electron chi connectivity index (χ1n) is 12.5. The lowest BCUT2D eigenvalue weighted by Crippen LogP contribution is -2.29. The molecular formula is C30H25ClN2O5S. The van der Waals surface area contributed by atoms with Gasteiger partial charge in [-0.2, -0.15) is 0 Å². The zero-order chi connectivity index (χ0) is 27.5. The van der Waals surface area contributed by atoms with Gasteiger partial charge in [0, 0.05) is 10.6 Å². The second-order valence-corrected chi connectivity index (χ2v) is 12.0. The van der Waals surface area contributed by atoms with Crippen molar-refractivity contribution in [3.8, 4) is 11.5 Å². The fraction of sp³-hybridized carbons (Fsp3) is 0.233. The molecule has 0 spiro atoms. The average Bonchev–Trinajstić information content (AvgIpc) is 3.45. The molecule has 7 nitrogen and oxygen atoms in total. The normalized spacial score (nSPS) is 18.7. The van der Waals surface area contributed by atoms with E-state index in [1.54, 1.807) is 36.4 Å². The largest absolute Gasteiger partial charge is 0.507 e. The molecule has 0 aliphatic carbocycles. The molecule has 0 bridgehead atoms. The van der Waals surface area contributed by atoms with Crippen LogP contribution in [0.15, 0.2) is 66.2 Å². The number of hydrogen-bond acceptors (Lipinski definition) is 7. The molecule has 3 aromatic carbocycles. The summed E-state index contributed by atoms with van der Waals surface area (Å²) in [6.07, 6.45) is 0. The summed E-state index contributed by atoms with van der Waals surface area (Å²) in [5.74, 6) is -0.815. The molecule has 9 heteroatoms. The van der Waals surface area contributed by atoms with Gasteiger partial charge in [-0.25, -0.2) is 4.98 Å². The standard InChI is InChI=1S/C30H25ClN2O5S/c1-30(2,3)18-7-4-16(5-8-18)25-24(26(34)17-6-11-21-22(14-17)38-13-12-37-21)27(35)28(36)33(25)29-32-20-10-9-19(31)15-23(20)39-29/h4-11,14-15,25,34H,12-13H2,1-3H3. The Morgan fingerprint density at radius 2 is 1.72 bits per heavy atom. The van der Waals surface area contributed by atoms with Gasteiger partial charge in [0.15, 0.2) is 16.6 Å². The number of ketones is 1. The van der Waals surface area contributed by atoms with Crippen LogP contribution < -0.4 is 14.4 Å². The number of amides is 1. The summed E-state index contributed by atoms with van der Waals surface area (Å²) in [6, 6.07) is 17.1. The Kier molecular flexibility index (Phi) is 6.12. The molecule has 1 fully saturated rings. The third-order valence-electron chi connectivity index (χ3n) is 6.90.